The molecule has 3 N–H and O–H groups in total. The number of carbonyl (C=O) groups excluding carboxylic acids is 1. The molecule has 0 saturated heterocycles. The molecule has 0 radical (unpaired) electrons. The zero-order valence-electron chi connectivity index (χ0n) is 19.1. The van der Waals surface area contributed by atoms with E-state index in [1.54, 1.807) is 11.1 Å². The Labute approximate surface area is 213 Å². The number of nitrogens with one attached hydrogen (secondary N) is 2. The van der Waals surface area contributed by atoms with Gasteiger partial charge in [0.15, 0.2) is 0 Å². The first kappa shape index (κ1) is 25.2. The standard InChI is InChI=1S/C25H26Cl2FN5O2/c1-15(10-16-2-5-19(26)6-3-16)30-24-29-12-18-8-9-33(13-22(18)31-24)25(35)32-23(14-34)17-4-7-21(28)20(27)11-17/h2-7,11-12,15,23,34H,8-10,13-14H2,1H3,(H,32,35)(H,29,30,31)/t15?,23-/m1/s1. The van der Waals surface area contributed by atoms with Gasteiger partial charge in [-0.25, -0.2) is 19.2 Å². The second-order valence-electron chi connectivity index (χ2n) is 8.57. The van der Waals surface area contributed by atoms with Crippen LogP contribution in [0.3, 0.4) is 0 Å². The van der Waals surface area contributed by atoms with Crippen LogP contribution in [0.1, 0.15) is 35.3 Å². The number of halogens is 3. The van der Waals surface area contributed by atoms with Gasteiger partial charge in [-0.05, 0) is 60.7 Å². The van der Waals surface area contributed by atoms with Crippen LogP contribution in [0.2, 0.25) is 10.0 Å². The van der Waals surface area contributed by atoms with Gasteiger partial charge in [-0.2, -0.15) is 0 Å². The van der Waals surface area contributed by atoms with Crippen molar-refractivity contribution >= 4 is 35.2 Å². The predicted molar refractivity (Wildman–Crippen MR) is 134 cm³/mol. The molecule has 1 aromatic heterocycles. The molecule has 7 nitrogen and oxygen atoms in total. The summed E-state index contributed by atoms with van der Waals surface area (Å²) in [4.78, 5) is 23.6. The summed E-state index contributed by atoms with van der Waals surface area (Å²) in [7, 11) is 0. The smallest absolute Gasteiger partial charge is 0.318 e. The Morgan fingerprint density at radius 3 is 2.71 bits per heavy atom. The molecule has 10 heteroatoms. The Morgan fingerprint density at radius 2 is 2.00 bits per heavy atom. The van der Waals surface area contributed by atoms with Crippen LogP contribution in [-0.4, -0.2) is 45.2 Å². The predicted octanol–water partition coefficient (Wildman–Crippen LogP) is 4.77. The first-order valence-corrected chi connectivity index (χ1v) is 12.0. The van der Waals surface area contributed by atoms with Crippen LogP contribution in [0.5, 0.6) is 0 Å². The first-order valence-electron chi connectivity index (χ1n) is 11.3. The minimum absolute atomic E-state index is 0.0656. The molecule has 0 fully saturated rings. The molecule has 1 aliphatic heterocycles. The number of urea groups is 1. The maximum Gasteiger partial charge on any atom is 0.318 e. The fraction of sp³-hybridized carbons (Fsp3) is 0.320. The maximum atomic E-state index is 13.5. The third-order valence-corrected chi connectivity index (χ3v) is 6.43. The van der Waals surface area contributed by atoms with E-state index in [0.29, 0.717) is 36.0 Å². The number of hydrogen-bond donors (Lipinski definition) is 3. The third kappa shape index (κ3) is 6.39. The van der Waals surface area contributed by atoms with Gasteiger partial charge in [0.05, 0.1) is 29.9 Å². The van der Waals surface area contributed by atoms with Crippen molar-refractivity contribution in [2.45, 2.75) is 38.4 Å². The highest BCUT2D eigenvalue weighted by atomic mass is 35.5. The molecule has 35 heavy (non-hydrogen) atoms. The quantitative estimate of drug-likeness (QED) is 0.420. The lowest BCUT2D eigenvalue weighted by atomic mass is 10.1. The fourth-order valence-electron chi connectivity index (χ4n) is 4.00. The second-order valence-corrected chi connectivity index (χ2v) is 9.41. The van der Waals surface area contributed by atoms with Gasteiger partial charge in [0.2, 0.25) is 5.95 Å². The molecule has 1 unspecified atom stereocenters. The van der Waals surface area contributed by atoms with Gasteiger partial charge in [0.1, 0.15) is 5.82 Å². The molecule has 184 valence electrons. The van der Waals surface area contributed by atoms with Crippen LogP contribution in [0.15, 0.2) is 48.7 Å². The van der Waals surface area contributed by atoms with Gasteiger partial charge in [-0.3, -0.25) is 0 Å². The van der Waals surface area contributed by atoms with Crippen molar-refractivity contribution in [2.24, 2.45) is 0 Å². The lowest BCUT2D eigenvalue weighted by Gasteiger charge is -2.30. The van der Waals surface area contributed by atoms with Crippen molar-refractivity contribution < 1.29 is 14.3 Å². The summed E-state index contributed by atoms with van der Waals surface area (Å²) in [5, 5.41) is 16.5. The molecular weight excluding hydrogens is 492 g/mol. The SMILES string of the molecule is CC(Cc1ccc(Cl)cc1)Nc1ncc2c(n1)CN(C(=O)N[C@H](CO)c1ccc(F)c(Cl)c1)CC2. The Morgan fingerprint density at radius 1 is 1.23 bits per heavy atom. The third-order valence-electron chi connectivity index (χ3n) is 5.89. The van der Waals surface area contributed by atoms with Gasteiger partial charge < -0.3 is 20.6 Å². The maximum absolute atomic E-state index is 13.5. The van der Waals surface area contributed by atoms with Crippen molar-refractivity contribution in [3.8, 4) is 0 Å². The zero-order valence-corrected chi connectivity index (χ0v) is 20.7. The van der Waals surface area contributed by atoms with Crippen molar-refractivity contribution in [3.05, 3.63) is 86.9 Å². The van der Waals surface area contributed by atoms with Crippen molar-refractivity contribution in [1.29, 1.82) is 0 Å². The number of benzene rings is 2. The van der Waals surface area contributed by atoms with Gasteiger partial charge in [-0.15, -0.1) is 0 Å². The van der Waals surface area contributed by atoms with E-state index in [9.17, 15) is 14.3 Å². The summed E-state index contributed by atoms with van der Waals surface area (Å²) in [6, 6.07) is 10.8. The highest BCUT2D eigenvalue weighted by Gasteiger charge is 2.25. The molecule has 0 saturated carbocycles. The van der Waals surface area contributed by atoms with Crippen molar-refractivity contribution in [2.75, 3.05) is 18.5 Å². The van der Waals surface area contributed by atoms with Crippen LogP contribution in [-0.2, 0) is 19.4 Å². The summed E-state index contributed by atoms with van der Waals surface area (Å²) >= 11 is 11.8. The molecule has 2 amide bonds. The lowest BCUT2D eigenvalue weighted by molar-refractivity contribution is 0.176. The average molecular weight is 518 g/mol. The highest BCUT2D eigenvalue weighted by molar-refractivity contribution is 6.31. The van der Waals surface area contributed by atoms with Crippen LogP contribution in [0, 0.1) is 5.82 Å². The van der Waals surface area contributed by atoms with E-state index < -0.39 is 11.9 Å². The monoisotopic (exact) mass is 517 g/mol. The van der Waals surface area contributed by atoms with Gasteiger partial charge in [-0.1, -0.05) is 41.4 Å². The summed E-state index contributed by atoms with van der Waals surface area (Å²) in [6.07, 6.45) is 3.20. The van der Waals surface area contributed by atoms with E-state index >= 15 is 0 Å². The summed E-state index contributed by atoms with van der Waals surface area (Å²) in [5.41, 5.74) is 3.44. The minimum Gasteiger partial charge on any atom is -0.394 e. The largest absolute Gasteiger partial charge is 0.394 e. The van der Waals surface area contributed by atoms with Crippen LogP contribution >= 0.6 is 23.2 Å². The topological polar surface area (TPSA) is 90.4 Å². The van der Waals surface area contributed by atoms with E-state index in [1.807, 2.05) is 31.2 Å². The van der Waals surface area contributed by atoms with Crippen LogP contribution in [0.25, 0.3) is 0 Å². The molecule has 0 bridgehead atoms. The number of fused-ring (bicyclic) bond motifs is 1. The number of nitrogens with zero attached hydrogens (tertiary/aromatic N) is 3. The molecular formula is C25H26Cl2FN5O2. The van der Waals surface area contributed by atoms with E-state index in [0.717, 1.165) is 23.2 Å². The molecule has 3 aromatic rings. The Balaban J connectivity index is 1.39. The number of anilines is 1. The molecule has 0 aliphatic carbocycles. The second kappa shape index (κ2) is 11.2. The number of hydrogen-bond acceptors (Lipinski definition) is 5. The number of aliphatic hydroxyl groups excluding tert-OH is 1. The molecule has 0 spiro atoms. The number of carbonyl (C=O) groups is 1. The average Bonchev–Trinajstić information content (AvgIpc) is 2.85. The number of amides is 2. The number of rotatable bonds is 7. The normalized spacial score (nSPS) is 14.7. The minimum atomic E-state index is -0.710. The molecule has 2 atom stereocenters. The number of aliphatic hydroxyl groups is 1. The Hall–Kier alpha value is -2.94. The van der Waals surface area contributed by atoms with E-state index in [1.165, 1.54) is 18.2 Å². The van der Waals surface area contributed by atoms with E-state index in [4.69, 9.17) is 23.2 Å². The number of aromatic nitrogens is 2. The van der Waals surface area contributed by atoms with Gasteiger partial charge in [0.25, 0.3) is 0 Å². The fourth-order valence-corrected chi connectivity index (χ4v) is 4.31. The molecule has 4 rings (SSSR count). The van der Waals surface area contributed by atoms with Crippen molar-refractivity contribution in [3.63, 3.8) is 0 Å². The summed E-state index contributed by atoms with van der Waals surface area (Å²) < 4.78 is 13.5. The highest BCUT2D eigenvalue weighted by Crippen LogP contribution is 2.23. The summed E-state index contributed by atoms with van der Waals surface area (Å²) in [6.45, 7) is 2.50. The van der Waals surface area contributed by atoms with Gasteiger partial charge in [0, 0.05) is 23.8 Å². The lowest BCUT2D eigenvalue weighted by Crippen LogP contribution is -2.45. The van der Waals surface area contributed by atoms with Crippen LogP contribution < -0.4 is 10.6 Å². The summed E-state index contributed by atoms with van der Waals surface area (Å²) in [5.74, 6) is -0.0562. The van der Waals surface area contributed by atoms with Gasteiger partial charge >= 0.3 is 6.03 Å². The van der Waals surface area contributed by atoms with E-state index in [-0.39, 0.29) is 23.7 Å². The van der Waals surface area contributed by atoms with Crippen molar-refractivity contribution in [1.82, 2.24) is 20.2 Å². The molecule has 2 aromatic carbocycles. The molecule has 2 heterocycles. The zero-order chi connectivity index (χ0) is 24.9. The van der Waals surface area contributed by atoms with E-state index in [2.05, 4.69) is 20.6 Å². The Bertz CT molecular complexity index is 1190. The van der Waals surface area contributed by atoms with Crippen LogP contribution in [0.4, 0.5) is 15.1 Å². The Kier molecular flexibility index (Phi) is 8.05. The first-order chi connectivity index (χ1) is 16.8. The molecule has 1 aliphatic rings.